The Morgan fingerprint density at radius 3 is 2.14 bits per heavy atom. The molecule has 1 heterocycles. The summed E-state index contributed by atoms with van der Waals surface area (Å²) in [4.78, 5) is 2.93. The molecule has 5 rings (SSSR count). The average molecular weight is 290 g/mol. The van der Waals surface area contributed by atoms with Gasteiger partial charge in [0.05, 0.1) is 0 Å². The van der Waals surface area contributed by atoms with Crippen LogP contribution in [0.2, 0.25) is 0 Å². The van der Waals surface area contributed by atoms with Crippen LogP contribution in [-0.4, -0.2) is 29.1 Å². The molecule has 120 valence electrons. The van der Waals surface area contributed by atoms with E-state index in [1.54, 1.807) is 0 Å². The Hall–Kier alpha value is -0.0800. The van der Waals surface area contributed by atoms with Crippen LogP contribution in [0.25, 0.3) is 0 Å². The molecule has 0 aromatic rings. The first-order valence-corrected chi connectivity index (χ1v) is 9.27. The minimum atomic E-state index is 0.413. The summed E-state index contributed by atoms with van der Waals surface area (Å²) in [6.45, 7) is 11.3. The highest BCUT2D eigenvalue weighted by Crippen LogP contribution is 2.68. The molecule has 5 unspecified atom stereocenters. The molecular weight excluding hydrogens is 256 g/mol. The Balaban J connectivity index is 1.68. The van der Waals surface area contributed by atoms with E-state index in [0.29, 0.717) is 34.4 Å². The van der Waals surface area contributed by atoms with Gasteiger partial charge in [-0.2, -0.15) is 0 Å². The number of hydrogen-bond acceptors (Lipinski definition) is 2. The second-order valence-corrected chi connectivity index (χ2v) is 10.1. The van der Waals surface area contributed by atoms with Crippen molar-refractivity contribution >= 4 is 0 Å². The molecule has 2 N–H and O–H groups in total. The predicted octanol–water partition coefficient (Wildman–Crippen LogP) is 3.79. The van der Waals surface area contributed by atoms with E-state index in [1.807, 2.05) is 0 Å². The Labute approximate surface area is 130 Å². The number of nitrogens with zero attached hydrogens (tertiary/aromatic N) is 1. The molecule has 4 bridgehead atoms. The SMILES string of the molecule is CC1C(N)CCN(C23CC4CC(C)(CC(C)(C4)C2)C3)C1C. The fraction of sp³-hybridized carbons (Fsp3) is 1.00. The normalized spacial score (nSPS) is 60.4. The van der Waals surface area contributed by atoms with Crippen molar-refractivity contribution in [3.05, 3.63) is 0 Å². The van der Waals surface area contributed by atoms with E-state index in [4.69, 9.17) is 5.73 Å². The van der Waals surface area contributed by atoms with Gasteiger partial charge >= 0.3 is 0 Å². The quantitative estimate of drug-likeness (QED) is 0.796. The molecule has 2 nitrogen and oxygen atoms in total. The smallest absolute Gasteiger partial charge is 0.0225 e. The largest absolute Gasteiger partial charge is 0.327 e. The van der Waals surface area contributed by atoms with E-state index in [1.165, 1.54) is 51.5 Å². The van der Waals surface area contributed by atoms with Crippen molar-refractivity contribution in [1.82, 2.24) is 4.90 Å². The summed E-state index contributed by atoms with van der Waals surface area (Å²) in [5.74, 6) is 1.64. The zero-order valence-electron chi connectivity index (χ0n) is 14.5. The molecule has 0 aromatic carbocycles. The third kappa shape index (κ3) is 2.05. The summed E-state index contributed by atoms with van der Waals surface area (Å²) in [5.41, 5.74) is 8.10. The van der Waals surface area contributed by atoms with Crippen LogP contribution >= 0.6 is 0 Å². The summed E-state index contributed by atoms with van der Waals surface area (Å²) >= 11 is 0. The van der Waals surface area contributed by atoms with Crippen LogP contribution in [-0.2, 0) is 0 Å². The number of nitrogens with two attached hydrogens (primary N) is 1. The van der Waals surface area contributed by atoms with E-state index in [-0.39, 0.29) is 0 Å². The van der Waals surface area contributed by atoms with E-state index >= 15 is 0 Å². The van der Waals surface area contributed by atoms with Crippen LogP contribution in [0.3, 0.4) is 0 Å². The number of piperidine rings is 1. The topological polar surface area (TPSA) is 29.3 Å². The number of rotatable bonds is 1. The van der Waals surface area contributed by atoms with Gasteiger partial charge in [0.1, 0.15) is 0 Å². The molecule has 1 aliphatic heterocycles. The summed E-state index contributed by atoms with van der Waals surface area (Å²) < 4.78 is 0. The first-order chi connectivity index (χ1) is 9.74. The number of likely N-dealkylation sites (tertiary alicyclic amines) is 1. The molecule has 0 radical (unpaired) electrons. The van der Waals surface area contributed by atoms with Gasteiger partial charge in [0.2, 0.25) is 0 Å². The van der Waals surface area contributed by atoms with Crippen molar-refractivity contribution < 1.29 is 0 Å². The van der Waals surface area contributed by atoms with Crippen LogP contribution < -0.4 is 5.73 Å². The van der Waals surface area contributed by atoms with Crippen LogP contribution in [0.1, 0.15) is 72.6 Å². The lowest BCUT2D eigenvalue weighted by Gasteiger charge is -2.69. The van der Waals surface area contributed by atoms with Gasteiger partial charge < -0.3 is 5.73 Å². The predicted molar refractivity (Wildman–Crippen MR) is 88.1 cm³/mol. The molecule has 0 amide bonds. The first kappa shape index (κ1) is 14.5. The summed E-state index contributed by atoms with van der Waals surface area (Å²) in [6.07, 6.45) is 10.1. The summed E-state index contributed by atoms with van der Waals surface area (Å²) in [5, 5.41) is 0. The second kappa shape index (κ2) is 4.26. The lowest BCUT2D eigenvalue weighted by molar-refractivity contribution is -0.179. The van der Waals surface area contributed by atoms with Crippen LogP contribution in [0.15, 0.2) is 0 Å². The third-order valence-electron chi connectivity index (χ3n) is 7.84. The average Bonchev–Trinajstić information content (AvgIpc) is 2.31. The summed E-state index contributed by atoms with van der Waals surface area (Å²) in [6, 6.07) is 1.08. The fourth-order valence-electron chi connectivity index (χ4n) is 7.77. The molecule has 5 fully saturated rings. The summed E-state index contributed by atoms with van der Waals surface area (Å²) in [7, 11) is 0. The Morgan fingerprint density at radius 1 is 0.952 bits per heavy atom. The van der Waals surface area contributed by atoms with E-state index < -0.39 is 0 Å². The monoisotopic (exact) mass is 290 g/mol. The fourth-order valence-corrected chi connectivity index (χ4v) is 7.77. The van der Waals surface area contributed by atoms with E-state index in [9.17, 15) is 0 Å². The van der Waals surface area contributed by atoms with Crippen LogP contribution in [0.4, 0.5) is 0 Å². The van der Waals surface area contributed by atoms with Gasteiger partial charge in [-0.25, -0.2) is 0 Å². The maximum atomic E-state index is 6.35. The third-order valence-corrected chi connectivity index (χ3v) is 7.84. The molecule has 5 aliphatic rings. The zero-order chi connectivity index (χ0) is 15.0. The molecule has 4 saturated carbocycles. The van der Waals surface area contributed by atoms with Gasteiger partial charge in [-0.15, -0.1) is 0 Å². The van der Waals surface area contributed by atoms with Crippen molar-refractivity contribution in [2.24, 2.45) is 28.4 Å². The van der Waals surface area contributed by atoms with Crippen molar-refractivity contribution in [1.29, 1.82) is 0 Å². The molecule has 0 spiro atoms. The molecule has 5 atom stereocenters. The maximum absolute atomic E-state index is 6.35. The standard InChI is InChI=1S/C19H34N2/c1-13-14(2)21(6-5-16(13)20)19-9-15-7-17(3,11-19)10-18(4,8-15)12-19/h13-16H,5-12,20H2,1-4H3. The van der Waals surface area contributed by atoms with Crippen molar-refractivity contribution in [2.45, 2.75) is 90.3 Å². The van der Waals surface area contributed by atoms with Crippen molar-refractivity contribution in [3.63, 3.8) is 0 Å². The van der Waals surface area contributed by atoms with Gasteiger partial charge in [-0.1, -0.05) is 20.8 Å². The highest BCUT2D eigenvalue weighted by Gasteiger charge is 2.62. The minimum absolute atomic E-state index is 0.413. The molecule has 21 heavy (non-hydrogen) atoms. The lowest BCUT2D eigenvalue weighted by Crippen LogP contribution is -2.69. The van der Waals surface area contributed by atoms with E-state index in [0.717, 1.165) is 5.92 Å². The highest BCUT2D eigenvalue weighted by molar-refractivity contribution is 5.16. The van der Waals surface area contributed by atoms with Crippen molar-refractivity contribution in [3.8, 4) is 0 Å². The lowest BCUT2D eigenvalue weighted by atomic mass is 9.42. The Kier molecular flexibility index (Phi) is 2.94. The molecule has 4 aliphatic carbocycles. The maximum Gasteiger partial charge on any atom is 0.0225 e. The van der Waals surface area contributed by atoms with Crippen LogP contribution in [0.5, 0.6) is 0 Å². The van der Waals surface area contributed by atoms with Crippen molar-refractivity contribution in [2.75, 3.05) is 6.54 Å². The zero-order valence-corrected chi connectivity index (χ0v) is 14.5. The van der Waals surface area contributed by atoms with Gasteiger partial charge in [0, 0.05) is 24.2 Å². The molecule has 2 heteroatoms. The van der Waals surface area contributed by atoms with E-state index in [2.05, 4.69) is 32.6 Å². The minimum Gasteiger partial charge on any atom is -0.327 e. The molecule has 0 aromatic heterocycles. The molecular formula is C19H34N2. The van der Waals surface area contributed by atoms with Gasteiger partial charge in [-0.3, -0.25) is 4.90 Å². The first-order valence-electron chi connectivity index (χ1n) is 9.27. The van der Waals surface area contributed by atoms with Gasteiger partial charge in [0.25, 0.3) is 0 Å². The highest BCUT2D eigenvalue weighted by atomic mass is 15.3. The van der Waals surface area contributed by atoms with Gasteiger partial charge in [0.15, 0.2) is 0 Å². The molecule has 1 saturated heterocycles. The van der Waals surface area contributed by atoms with Gasteiger partial charge in [-0.05, 0) is 74.5 Å². The van der Waals surface area contributed by atoms with Crippen LogP contribution in [0, 0.1) is 22.7 Å². The number of hydrogen-bond donors (Lipinski definition) is 1. The Bertz CT molecular complexity index is 427. The Morgan fingerprint density at radius 2 is 1.57 bits per heavy atom. The second-order valence-electron chi connectivity index (χ2n) is 10.1.